The molecule has 0 aromatic carbocycles. The molecular formula is C13H22N2O3S2. The average molecular weight is 318 g/mol. The van der Waals surface area contributed by atoms with E-state index in [1.165, 1.54) is 0 Å². The van der Waals surface area contributed by atoms with Gasteiger partial charge in [-0.25, -0.2) is 13.1 Å². The third-order valence-electron chi connectivity index (χ3n) is 3.45. The van der Waals surface area contributed by atoms with Gasteiger partial charge < -0.3 is 0 Å². The highest BCUT2D eigenvalue weighted by molar-refractivity contribution is 7.90. The van der Waals surface area contributed by atoms with Gasteiger partial charge in [0.05, 0.1) is 12.6 Å². The van der Waals surface area contributed by atoms with Crippen molar-refractivity contribution in [3.63, 3.8) is 0 Å². The fourth-order valence-electron chi connectivity index (χ4n) is 2.27. The Morgan fingerprint density at radius 2 is 2.25 bits per heavy atom. The number of thiophene rings is 1. The predicted octanol–water partition coefficient (Wildman–Crippen LogP) is 1.92. The van der Waals surface area contributed by atoms with Crippen LogP contribution in [-0.2, 0) is 14.9 Å². The molecule has 2 heterocycles. The molecule has 0 saturated carbocycles. The van der Waals surface area contributed by atoms with Crippen LogP contribution in [-0.4, -0.2) is 38.9 Å². The molecule has 2 unspecified atom stereocenters. The lowest BCUT2D eigenvalue weighted by Gasteiger charge is -2.22. The lowest BCUT2D eigenvalue weighted by Crippen LogP contribution is -2.40. The van der Waals surface area contributed by atoms with E-state index in [0.29, 0.717) is 6.54 Å². The van der Waals surface area contributed by atoms with Gasteiger partial charge in [0.25, 0.3) is 0 Å². The number of hydroxylamine groups is 2. The molecule has 1 aliphatic rings. The van der Waals surface area contributed by atoms with E-state index < -0.39 is 15.3 Å². The lowest BCUT2D eigenvalue weighted by atomic mass is 10.1. The maximum atomic E-state index is 12.5. The van der Waals surface area contributed by atoms with Crippen molar-refractivity contribution < 1.29 is 13.3 Å². The van der Waals surface area contributed by atoms with Crippen LogP contribution in [0.25, 0.3) is 0 Å². The van der Waals surface area contributed by atoms with Gasteiger partial charge >= 0.3 is 0 Å². The van der Waals surface area contributed by atoms with Crippen molar-refractivity contribution in [3.8, 4) is 0 Å². The second-order valence-electron chi connectivity index (χ2n) is 5.58. The molecule has 2 rings (SSSR count). The molecule has 0 aliphatic carbocycles. The van der Waals surface area contributed by atoms with E-state index in [9.17, 15) is 8.42 Å². The lowest BCUT2D eigenvalue weighted by molar-refractivity contribution is -0.110. The second-order valence-corrected chi connectivity index (χ2v) is 8.51. The summed E-state index contributed by atoms with van der Waals surface area (Å²) in [6, 6.07) is 1.77. The van der Waals surface area contributed by atoms with E-state index in [2.05, 4.69) is 4.72 Å². The molecular weight excluding hydrogens is 296 g/mol. The van der Waals surface area contributed by atoms with Crippen LogP contribution in [0.1, 0.15) is 30.3 Å². The minimum absolute atomic E-state index is 0.200. The van der Waals surface area contributed by atoms with Crippen molar-refractivity contribution >= 4 is 21.4 Å². The molecule has 0 radical (unpaired) electrons. The largest absolute Gasteiger partial charge is 0.297 e. The first kappa shape index (κ1) is 15.9. The molecule has 1 saturated heterocycles. The average Bonchev–Trinajstić information content (AvgIpc) is 2.93. The summed E-state index contributed by atoms with van der Waals surface area (Å²) in [5.74, 6) is 0.284. The third-order valence-corrected chi connectivity index (χ3v) is 6.30. The van der Waals surface area contributed by atoms with Crippen LogP contribution in [0.2, 0.25) is 0 Å². The van der Waals surface area contributed by atoms with Crippen LogP contribution in [0.3, 0.4) is 0 Å². The van der Waals surface area contributed by atoms with E-state index in [4.69, 9.17) is 4.84 Å². The number of aryl methyl sites for hydroxylation is 1. The van der Waals surface area contributed by atoms with E-state index in [1.807, 2.05) is 32.2 Å². The molecule has 5 nitrogen and oxygen atoms in total. The summed E-state index contributed by atoms with van der Waals surface area (Å²) in [6.45, 7) is 6.63. The predicted molar refractivity (Wildman–Crippen MR) is 81.1 cm³/mol. The molecule has 1 aromatic heterocycles. The molecule has 114 valence electrons. The molecule has 1 aliphatic heterocycles. The molecule has 20 heavy (non-hydrogen) atoms. The standard InChI is InChI=1S/C13H22N2O3S2/c1-9(2)7-14-20(16,17)11-8-18-15(4)12(11)13-10(3)5-6-19-13/h5-6,9,11-12,14H,7-8H2,1-4H3. The minimum atomic E-state index is -3.39. The van der Waals surface area contributed by atoms with Crippen molar-refractivity contribution in [2.75, 3.05) is 20.2 Å². The maximum Gasteiger partial charge on any atom is 0.218 e. The summed E-state index contributed by atoms with van der Waals surface area (Å²) in [6.07, 6.45) is 0. The molecule has 0 spiro atoms. The monoisotopic (exact) mass is 318 g/mol. The fraction of sp³-hybridized carbons (Fsp3) is 0.692. The van der Waals surface area contributed by atoms with Gasteiger partial charge in [-0.1, -0.05) is 13.8 Å². The number of nitrogens with zero attached hydrogens (tertiary/aromatic N) is 1. The number of nitrogens with one attached hydrogen (secondary N) is 1. The van der Waals surface area contributed by atoms with Gasteiger partial charge in [-0.2, -0.15) is 5.06 Å². The Bertz CT molecular complexity index is 554. The summed E-state index contributed by atoms with van der Waals surface area (Å²) in [4.78, 5) is 6.53. The second kappa shape index (κ2) is 6.11. The number of sulfonamides is 1. The SMILES string of the molecule is Cc1ccsc1C1C(S(=O)(=O)NCC(C)C)CON1C. The fourth-order valence-corrected chi connectivity index (χ4v) is 5.14. The minimum Gasteiger partial charge on any atom is -0.297 e. The quantitative estimate of drug-likeness (QED) is 0.901. The van der Waals surface area contributed by atoms with E-state index in [1.54, 1.807) is 23.4 Å². The molecule has 0 amide bonds. The Labute approximate surface area is 124 Å². The van der Waals surface area contributed by atoms with E-state index in [-0.39, 0.29) is 18.6 Å². The van der Waals surface area contributed by atoms with Gasteiger partial charge in [-0.3, -0.25) is 4.84 Å². The molecule has 7 heteroatoms. The first-order valence-corrected chi connectivity index (χ1v) is 9.13. The van der Waals surface area contributed by atoms with Crippen molar-refractivity contribution in [2.24, 2.45) is 5.92 Å². The zero-order chi connectivity index (χ0) is 14.9. The van der Waals surface area contributed by atoms with Gasteiger partial charge in [0.2, 0.25) is 10.0 Å². The van der Waals surface area contributed by atoms with Gasteiger partial charge in [0, 0.05) is 18.5 Å². The van der Waals surface area contributed by atoms with Gasteiger partial charge in [0.1, 0.15) is 5.25 Å². The van der Waals surface area contributed by atoms with Crippen LogP contribution in [0.4, 0.5) is 0 Å². The van der Waals surface area contributed by atoms with Crippen LogP contribution in [0.5, 0.6) is 0 Å². The van der Waals surface area contributed by atoms with Crippen molar-refractivity contribution in [1.29, 1.82) is 0 Å². The molecule has 1 fully saturated rings. The summed E-state index contributed by atoms with van der Waals surface area (Å²) in [7, 11) is -1.60. The number of hydrogen-bond acceptors (Lipinski definition) is 5. The smallest absolute Gasteiger partial charge is 0.218 e. The zero-order valence-electron chi connectivity index (χ0n) is 12.3. The van der Waals surface area contributed by atoms with Crippen molar-refractivity contribution in [2.45, 2.75) is 32.1 Å². The van der Waals surface area contributed by atoms with E-state index >= 15 is 0 Å². The highest BCUT2D eigenvalue weighted by Crippen LogP contribution is 2.37. The van der Waals surface area contributed by atoms with E-state index in [0.717, 1.165) is 10.4 Å². The Balaban J connectivity index is 2.24. The highest BCUT2D eigenvalue weighted by atomic mass is 32.2. The first-order valence-electron chi connectivity index (χ1n) is 6.71. The van der Waals surface area contributed by atoms with Crippen molar-refractivity contribution in [1.82, 2.24) is 9.79 Å². The van der Waals surface area contributed by atoms with Gasteiger partial charge in [-0.05, 0) is 29.9 Å². The van der Waals surface area contributed by atoms with Crippen LogP contribution < -0.4 is 4.72 Å². The van der Waals surface area contributed by atoms with Crippen LogP contribution >= 0.6 is 11.3 Å². The van der Waals surface area contributed by atoms with Gasteiger partial charge in [0.15, 0.2) is 0 Å². The maximum absolute atomic E-state index is 12.5. The molecule has 2 atom stereocenters. The Kier molecular flexibility index (Phi) is 4.86. The van der Waals surface area contributed by atoms with Crippen LogP contribution in [0.15, 0.2) is 11.4 Å². The summed E-state index contributed by atoms with van der Waals surface area (Å²) >= 11 is 1.58. The van der Waals surface area contributed by atoms with Gasteiger partial charge in [-0.15, -0.1) is 11.3 Å². The number of rotatable bonds is 5. The Morgan fingerprint density at radius 3 is 2.80 bits per heavy atom. The van der Waals surface area contributed by atoms with Crippen LogP contribution in [0, 0.1) is 12.8 Å². The third kappa shape index (κ3) is 3.23. The highest BCUT2D eigenvalue weighted by Gasteiger charge is 2.44. The zero-order valence-corrected chi connectivity index (χ0v) is 13.9. The molecule has 1 N–H and O–H groups in total. The summed E-state index contributed by atoms with van der Waals surface area (Å²) in [5, 5.41) is 3.09. The normalized spacial score (nSPS) is 24.6. The Morgan fingerprint density at radius 1 is 1.55 bits per heavy atom. The summed E-state index contributed by atoms with van der Waals surface area (Å²) in [5.41, 5.74) is 1.11. The molecule has 1 aromatic rings. The summed E-state index contributed by atoms with van der Waals surface area (Å²) < 4.78 is 27.7. The first-order chi connectivity index (χ1) is 9.33. The number of hydrogen-bond donors (Lipinski definition) is 1. The molecule has 0 bridgehead atoms. The Hall–Kier alpha value is -0.470. The topological polar surface area (TPSA) is 58.6 Å². The van der Waals surface area contributed by atoms with Crippen molar-refractivity contribution in [3.05, 3.63) is 21.9 Å².